The van der Waals surface area contributed by atoms with Crippen LogP contribution < -0.4 is 0 Å². The molecule has 1 heteroatoms. The molecule has 0 aliphatic carbocycles. The third kappa shape index (κ3) is 0.816. The first-order valence-corrected chi connectivity index (χ1v) is 3.97. The highest BCUT2D eigenvalue weighted by Gasteiger charge is 2.31. The second-order valence-corrected chi connectivity index (χ2v) is 3.57. The predicted molar refractivity (Wildman–Crippen MR) is 42.6 cm³/mol. The van der Waals surface area contributed by atoms with Crippen molar-refractivity contribution in [3.05, 3.63) is 23.8 Å². The summed E-state index contributed by atoms with van der Waals surface area (Å²) >= 11 is 0. The van der Waals surface area contributed by atoms with Crippen molar-refractivity contribution in [2.45, 2.75) is 6.92 Å². The molecule has 0 N–H and O–H groups in total. The summed E-state index contributed by atoms with van der Waals surface area (Å²) in [5.41, 5.74) is 1.57. The van der Waals surface area contributed by atoms with E-state index < -0.39 is 0 Å². The van der Waals surface area contributed by atoms with E-state index in [4.69, 9.17) is 0 Å². The van der Waals surface area contributed by atoms with E-state index in [1.165, 1.54) is 30.7 Å². The van der Waals surface area contributed by atoms with Crippen LogP contribution >= 0.6 is 0 Å². The van der Waals surface area contributed by atoms with Gasteiger partial charge in [-0.2, -0.15) is 0 Å². The average molecular weight is 136 g/mol. The maximum Gasteiger partial charge on any atom is 0.101 e. The minimum absolute atomic E-state index is 1.26. The summed E-state index contributed by atoms with van der Waals surface area (Å²) in [7, 11) is 0. The number of hydrogen-bond donors (Lipinski definition) is 0. The SMILES string of the molecule is CC1=CC[N+]2(CC=CC2)C1. The van der Waals surface area contributed by atoms with E-state index >= 15 is 0 Å². The fraction of sp³-hybridized carbons (Fsp3) is 0.556. The highest BCUT2D eigenvalue weighted by molar-refractivity contribution is 5.06. The summed E-state index contributed by atoms with van der Waals surface area (Å²) in [5.74, 6) is 0. The lowest BCUT2D eigenvalue weighted by atomic mass is 10.3. The maximum absolute atomic E-state index is 2.38. The van der Waals surface area contributed by atoms with Crippen LogP contribution in [0.1, 0.15) is 6.92 Å². The molecule has 54 valence electrons. The minimum Gasteiger partial charge on any atom is -0.310 e. The van der Waals surface area contributed by atoms with Crippen molar-refractivity contribution in [1.82, 2.24) is 0 Å². The smallest absolute Gasteiger partial charge is 0.101 e. The first kappa shape index (κ1) is 6.17. The summed E-state index contributed by atoms with van der Waals surface area (Å²) in [6.45, 7) is 7.30. The Morgan fingerprint density at radius 3 is 2.40 bits per heavy atom. The average Bonchev–Trinajstić information content (AvgIpc) is 2.46. The molecule has 0 unspecified atom stereocenters. The first-order chi connectivity index (χ1) is 4.81. The van der Waals surface area contributed by atoms with E-state index in [2.05, 4.69) is 25.2 Å². The fourth-order valence-electron chi connectivity index (χ4n) is 1.96. The largest absolute Gasteiger partial charge is 0.310 e. The van der Waals surface area contributed by atoms with Gasteiger partial charge in [-0.1, -0.05) is 0 Å². The van der Waals surface area contributed by atoms with Crippen molar-refractivity contribution in [2.24, 2.45) is 0 Å². The van der Waals surface area contributed by atoms with Crippen LogP contribution in [0.15, 0.2) is 23.8 Å². The highest BCUT2D eigenvalue weighted by atomic mass is 15.4. The molecule has 0 radical (unpaired) electrons. The summed E-state index contributed by atoms with van der Waals surface area (Å²) in [5, 5.41) is 0. The van der Waals surface area contributed by atoms with E-state index in [1.807, 2.05) is 0 Å². The Bertz CT molecular complexity index is 193. The first-order valence-electron chi connectivity index (χ1n) is 3.97. The van der Waals surface area contributed by atoms with Crippen LogP contribution in [0, 0.1) is 0 Å². The highest BCUT2D eigenvalue weighted by Crippen LogP contribution is 2.21. The Kier molecular flexibility index (Phi) is 1.21. The molecule has 2 aliphatic rings. The Balaban J connectivity index is 2.09. The molecule has 0 atom stereocenters. The van der Waals surface area contributed by atoms with Crippen LogP contribution in [0.25, 0.3) is 0 Å². The zero-order valence-electron chi connectivity index (χ0n) is 6.51. The molecule has 0 aromatic carbocycles. The van der Waals surface area contributed by atoms with E-state index in [0.717, 1.165) is 0 Å². The van der Waals surface area contributed by atoms with Gasteiger partial charge < -0.3 is 4.48 Å². The summed E-state index contributed by atoms with van der Waals surface area (Å²) in [4.78, 5) is 0. The monoisotopic (exact) mass is 136 g/mol. The van der Waals surface area contributed by atoms with Gasteiger partial charge in [0.25, 0.3) is 0 Å². The topological polar surface area (TPSA) is 0 Å². The van der Waals surface area contributed by atoms with Gasteiger partial charge in [0.1, 0.15) is 6.54 Å². The zero-order chi connectivity index (χ0) is 7.03. The van der Waals surface area contributed by atoms with Crippen molar-refractivity contribution in [1.29, 1.82) is 0 Å². The molecule has 1 spiro atoms. The van der Waals surface area contributed by atoms with Gasteiger partial charge in [0.15, 0.2) is 0 Å². The van der Waals surface area contributed by atoms with Crippen molar-refractivity contribution < 1.29 is 4.48 Å². The lowest BCUT2D eigenvalue weighted by Gasteiger charge is -2.28. The minimum atomic E-state index is 1.26. The van der Waals surface area contributed by atoms with Gasteiger partial charge in [0, 0.05) is 0 Å². The van der Waals surface area contributed by atoms with Crippen LogP contribution in [-0.4, -0.2) is 30.7 Å². The van der Waals surface area contributed by atoms with Crippen LogP contribution in [0.5, 0.6) is 0 Å². The van der Waals surface area contributed by atoms with Crippen LogP contribution in [-0.2, 0) is 0 Å². The molecule has 0 amide bonds. The molecular formula is C9H14N+. The standard InChI is InChI=1S/C9H14N/c1-9-4-7-10(8-9)5-2-3-6-10/h2-4H,5-8H2,1H3/q+1. The maximum atomic E-state index is 2.38. The molecule has 0 saturated heterocycles. The second kappa shape index (κ2) is 1.96. The van der Waals surface area contributed by atoms with Gasteiger partial charge in [-0.15, -0.1) is 0 Å². The van der Waals surface area contributed by atoms with Crippen molar-refractivity contribution in [2.75, 3.05) is 26.2 Å². The van der Waals surface area contributed by atoms with E-state index in [0.29, 0.717) is 0 Å². The summed E-state index contributed by atoms with van der Waals surface area (Å²) < 4.78 is 1.28. The Morgan fingerprint density at radius 1 is 1.20 bits per heavy atom. The molecule has 0 fully saturated rings. The molecule has 2 rings (SSSR count). The molecular weight excluding hydrogens is 122 g/mol. The van der Waals surface area contributed by atoms with Gasteiger partial charge in [0.2, 0.25) is 0 Å². The predicted octanol–water partition coefficient (Wildman–Crippen LogP) is 1.33. The third-order valence-electron chi connectivity index (χ3n) is 2.56. The molecule has 1 nitrogen and oxygen atoms in total. The van der Waals surface area contributed by atoms with Gasteiger partial charge in [-0.3, -0.25) is 0 Å². The molecule has 0 aromatic heterocycles. The van der Waals surface area contributed by atoms with Crippen LogP contribution in [0.2, 0.25) is 0 Å². The van der Waals surface area contributed by atoms with Gasteiger partial charge in [-0.05, 0) is 30.7 Å². The van der Waals surface area contributed by atoms with Gasteiger partial charge in [0.05, 0.1) is 19.6 Å². The molecule has 0 aromatic rings. The fourth-order valence-corrected chi connectivity index (χ4v) is 1.96. The van der Waals surface area contributed by atoms with Gasteiger partial charge in [-0.25, -0.2) is 0 Å². The van der Waals surface area contributed by atoms with Crippen LogP contribution in [0.3, 0.4) is 0 Å². The number of nitrogens with zero attached hydrogens (tertiary/aromatic N) is 1. The molecule has 2 aliphatic heterocycles. The Labute approximate surface area is 62.2 Å². The van der Waals surface area contributed by atoms with E-state index in [-0.39, 0.29) is 0 Å². The molecule has 0 bridgehead atoms. The number of quaternary nitrogens is 1. The quantitative estimate of drug-likeness (QED) is 0.348. The Hall–Kier alpha value is -0.560. The lowest BCUT2D eigenvalue weighted by molar-refractivity contribution is -0.897. The number of hydrogen-bond acceptors (Lipinski definition) is 0. The van der Waals surface area contributed by atoms with Crippen molar-refractivity contribution in [3.8, 4) is 0 Å². The molecule has 0 saturated carbocycles. The third-order valence-corrected chi connectivity index (χ3v) is 2.56. The molecule has 10 heavy (non-hydrogen) atoms. The number of rotatable bonds is 0. The second-order valence-electron chi connectivity index (χ2n) is 3.57. The van der Waals surface area contributed by atoms with Gasteiger partial charge >= 0.3 is 0 Å². The van der Waals surface area contributed by atoms with Crippen molar-refractivity contribution >= 4 is 0 Å². The lowest BCUT2D eigenvalue weighted by Crippen LogP contribution is -2.43. The van der Waals surface area contributed by atoms with Crippen LogP contribution in [0.4, 0.5) is 0 Å². The summed E-state index contributed by atoms with van der Waals surface area (Å²) in [6, 6.07) is 0. The molecule has 2 heterocycles. The van der Waals surface area contributed by atoms with E-state index in [1.54, 1.807) is 5.57 Å². The normalized spacial score (nSPS) is 27.9. The summed E-state index contributed by atoms with van der Waals surface area (Å²) in [6.07, 6.45) is 7.01. The Morgan fingerprint density at radius 2 is 1.90 bits per heavy atom. The van der Waals surface area contributed by atoms with Crippen molar-refractivity contribution in [3.63, 3.8) is 0 Å². The zero-order valence-corrected chi connectivity index (χ0v) is 6.51. The van der Waals surface area contributed by atoms with E-state index in [9.17, 15) is 0 Å².